The van der Waals surface area contributed by atoms with Gasteiger partial charge in [-0.05, 0) is 32.6 Å². The van der Waals surface area contributed by atoms with Gasteiger partial charge in [0.25, 0.3) is 0 Å². The minimum absolute atomic E-state index is 0.309. The first-order chi connectivity index (χ1) is 8.04. The van der Waals surface area contributed by atoms with Crippen LogP contribution in [0.4, 0.5) is 0 Å². The van der Waals surface area contributed by atoms with Gasteiger partial charge < -0.3 is 10.1 Å². The van der Waals surface area contributed by atoms with Gasteiger partial charge in [0.15, 0.2) is 0 Å². The van der Waals surface area contributed by atoms with Crippen LogP contribution < -0.4 is 5.32 Å². The van der Waals surface area contributed by atoms with Crippen LogP contribution in [-0.2, 0) is 4.74 Å². The van der Waals surface area contributed by atoms with E-state index >= 15 is 0 Å². The highest BCUT2D eigenvalue weighted by molar-refractivity contribution is 5.03. The summed E-state index contributed by atoms with van der Waals surface area (Å²) in [4.78, 5) is 0. The second-order valence-electron chi connectivity index (χ2n) is 6.65. The highest BCUT2D eigenvalue weighted by Gasteiger charge is 2.49. The first kappa shape index (κ1) is 13.4. The summed E-state index contributed by atoms with van der Waals surface area (Å²) in [7, 11) is 0. The van der Waals surface area contributed by atoms with Gasteiger partial charge in [-0.2, -0.15) is 0 Å². The first-order valence-electron chi connectivity index (χ1n) is 7.41. The van der Waals surface area contributed by atoms with Crippen molar-refractivity contribution in [3.8, 4) is 0 Å². The Morgan fingerprint density at radius 2 is 2.06 bits per heavy atom. The Kier molecular flexibility index (Phi) is 4.14. The van der Waals surface area contributed by atoms with Crippen molar-refractivity contribution in [2.45, 2.75) is 78.0 Å². The summed E-state index contributed by atoms with van der Waals surface area (Å²) in [5.74, 6) is 1.00. The third-order valence-corrected chi connectivity index (χ3v) is 4.94. The average Bonchev–Trinajstić information content (AvgIpc) is 2.22. The van der Waals surface area contributed by atoms with Gasteiger partial charge in [-0.25, -0.2) is 0 Å². The summed E-state index contributed by atoms with van der Waals surface area (Å²) >= 11 is 0. The molecule has 0 amide bonds. The lowest BCUT2D eigenvalue weighted by Gasteiger charge is -2.53. The fourth-order valence-electron chi connectivity index (χ4n) is 3.29. The topological polar surface area (TPSA) is 21.3 Å². The standard InChI is InChI=1S/C15H29NO/c1-5-17-14-10-13(15(14,3)4)16-11(2)9-12-7-6-8-12/h11-14,16H,5-10H2,1-4H3. The Morgan fingerprint density at radius 3 is 2.53 bits per heavy atom. The zero-order chi connectivity index (χ0) is 12.5. The number of hydrogen-bond donors (Lipinski definition) is 1. The normalized spacial score (nSPS) is 33.9. The molecule has 0 spiro atoms. The van der Waals surface area contributed by atoms with Gasteiger partial charge in [-0.3, -0.25) is 0 Å². The van der Waals surface area contributed by atoms with Crippen molar-refractivity contribution >= 4 is 0 Å². The maximum absolute atomic E-state index is 5.78. The molecule has 0 bridgehead atoms. The molecule has 2 aliphatic rings. The molecule has 2 rings (SSSR count). The third kappa shape index (κ3) is 2.85. The molecule has 2 saturated carbocycles. The molecule has 0 radical (unpaired) electrons. The van der Waals surface area contributed by atoms with E-state index in [4.69, 9.17) is 4.74 Å². The lowest BCUT2D eigenvalue weighted by Crippen LogP contribution is -2.62. The van der Waals surface area contributed by atoms with Crippen molar-refractivity contribution in [2.24, 2.45) is 11.3 Å². The van der Waals surface area contributed by atoms with Gasteiger partial charge in [0.2, 0.25) is 0 Å². The molecule has 0 heterocycles. The van der Waals surface area contributed by atoms with Crippen LogP contribution in [0.5, 0.6) is 0 Å². The van der Waals surface area contributed by atoms with Crippen molar-refractivity contribution in [3.05, 3.63) is 0 Å². The predicted octanol–water partition coefficient (Wildman–Crippen LogP) is 3.36. The molecule has 100 valence electrons. The molecule has 17 heavy (non-hydrogen) atoms. The summed E-state index contributed by atoms with van der Waals surface area (Å²) in [5.41, 5.74) is 0.309. The van der Waals surface area contributed by atoms with Gasteiger partial charge >= 0.3 is 0 Å². The fraction of sp³-hybridized carbons (Fsp3) is 1.00. The maximum Gasteiger partial charge on any atom is 0.0655 e. The number of nitrogens with one attached hydrogen (secondary N) is 1. The van der Waals surface area contributed by atoms with Crippen LogP contribution in [0, 0.1) is 11.3 Å². The zero-order valence-corrected chi connectivity index (χ0v) is 12.0. The minimum atomic E-state index is 0.309. The first-order valence-corrected chi connectivity index (χ1v) is 7.41. The molecule has 3 atom stereocenters. The molecule has 2 nitrogen and oxygen atoms in total. The molecule has 0 aliphatic heterocycles. The molecule has 2 heteroatoms. The van der Waals surface area contributed by atoms with E-state index in [1.807, 2.05) is 0 Å². The average molecular weight is 239 g/mol. The van der Waals surface area contributed by atoms with Crippen molar-refractivity contribution in [1.82, 2.24) is 5.32 Å². The van der Waals surface area contributed by atoms with Crippen LogP contribution in [0.3, 0.4) is 0 Å². The lowest BCUT2D eigenvalue weighted by molar-refractivity contribution is -0.116. The number of rotatable bonds is 6. The van der Waals surface area contributed by atoms with E-state index in [0.29, 0.717) is 23.6 Å². The zero-order valence-electron chi connectivity index (χ0n) is 12.0. The summed E-state index contributed by atoms with van der Waals surface area (Å²) < 4.78 is 5.78. The molecule has 0 aromatic rings. The maximum atomic E-state index is 5.78. The van der Waals surface area contributed by atoms with Gasteiger partial charge in [0.05, 0.1) is 6.10 Å². The van der Waals surface area contributed by atoms with Crippen molar-refractivity contribution in [3.63, 3.8) is 0 Å². The molecule has 1 N–H and O–H groups in total. The smallest absolute Gasteiger partial charge is 0.0655 e. The van der Waals surface area contributed by atoms with Gasteiger partial charge in [0.1, 0.15) is 0 Å². The second kappa shape index (κ2) is 5.27. The van der Waals surface area contributed by atoms with E-state index in [-0.39, 0.29) is 0 Å². The van der Waals surface area contributed by atoms with Crippen LogP contribution >= 0.6 is 0 Å². The molecule has 0 saturated heterocycles. The van der Waals surface area contributed by atoms with E-state index in [2.05, 4.69) is 33.0 Å². The summed E-state index contributed by atoms with van der Waals surface area (Å²) in [6.45, 7) is 9.96. The minimum Gasteiger partial charge on any atom is -0.378 e. The quantitative estimate of drug-likeness (QED) is 0.767. The SMILES string of the molecule is CCOC1CC(NC(C)CC2CCC2)C1(C)C. The summed E-state index contributed by atoms with van der Waals surface area (Å²) in [6.07, 6.45) is 7.39. The largest absolute Gasteiger partial charge is 0.378 e. The third-order valence-electron chi connectivity index (χ3n) is 4.94. The predicted molar refractivity (Wildman–Crippen MR) is 72.2 cm³/mol. The van der Waals surface area contributed by atoms with E-state index in [9.17, 15) is 0 Å². The second-order valence-corrected chi connectivity index (χ2v) is 6.65. The molecule has 0 aromatic carbocycles. The Morgan fingerprint density at radius 1 is 1.35 bits per heavy atom. The van der Waals surface area contributed by atoms with E-state index in [0.717, 1.165) is 12.5 Å². The molecular formula is C15H29NO. The molecule has 2 fully saturated rings. The number of ether oxygens (including phenoxy) is 1. The highest BCUT2D eigenvalue weighted by atomic mass is 16.5. The Labute approximate surface area is 107 Å². The Bertz CT molecular complexity index is 247. The Hall–Kier alpha value is -0.0800. The highest BCUT2D eigenvalue weighted by Crippen LogP contribution is 2.43. The van der Waals surface area contributed by atoms with Crippen molar-refractivity contribution in [1.29, 1.82) is 0 Å². The van der Waals surface area contributed by atoms with Crippen LogP contribution in [-0.4, -0.2) is 24.8 Å². The van der Waals surface area contributed by atoms with Crippen LogP contribution in [0.2, 0.25) is 0 Å². The molecular weight excluding hydrogens is 210 g/mol. The molecule has 0 aromatic heterocycles. The summed E-state index contributed by atoms with van der Waals surface area (Å²) in [5, 5.41) is 3.81. The van der Waals surface area contributed by atoms with Gasteiger partial charge in [-0.1, -0.05) is 33.1 Å². The monoisotopic (exact) mass is 239 g/mol. The van der Waals surface area contributed by atoms with E-state index in [1.165, 1.54) is 32.1 Å². The van der Waals surface area contributed by atoms with Gasteiger partial charge in [0, 0.05) is 24.1 Å². The summed E-state index contributed by atoms with van der Waals surface area (Å²) in [6, 6.07) is 1.32. The lowest BCUT2D eigenvalue weighted by atomic mass is 9.64. The number of hydrogen-bond acceptors (Lipinski definition) is 2. The van der Waals surface area contributed by atoms with Gasteiger partial charge in [-0.15, -0.1) is 0 Å². The van der Waals surface area contributed by atoms with Crippen molar-refractivity contribution < 1.29 is 4.74 Å². The van der Waals surface area contributed by atoms with E-state index < -0.39 is 0 Å². The van der Waals surface area contributed by atoms with Crippen LogP contribution in [0.25, 0.3) is 0 Å². The molecule has 2 aliphatic carbocycles. The molecule has 3 unspecified atom stereocenters. The van der Waals surface area contributed by atoms with Crippen LogP contribution in [0.1, 0.15) is 59.8 Å². The Balaban J connectivity index is 1.72. The fourth-order valence-corrected chi connectivity index (χ4v) is 3.29. The van der Waals surface area contributed by atoms with E-state index in [1.54, 1.807) is 0 Å². The van der Waals surface area contributed by atoms with Crippen LogP contribution in [0.15, 0.2) is 0 Å². The van der Waals surface area contributed by atoms with Crippen molar-refractivity contribution in [2.75, 3.05) is 6.61 Å².